The van der Waals surface area contributed by atoms with Crippen molar-refractivity contribution in [1.29, 1.82) is 0 Å². The first-order valence-corrected chi connectivity index (χ1v) is 10.8. The summed E-state index contributed by atoms with van der Waals surface area (Å²) in [5.74, 6) is 0.925. The molecule has 1 aliphatic carbocycles. The van der Waals surface area contributed by atoms with Gasteiger partial charge in [0.2, 0.25) is 0 Å². The van der Waals surface area contributed by atoms with Crippen molar-refractivity contribution >= 4 is 16.7 Å². The zero-order chi connectivity index (χ0) is 21.2. The van der Waals surface area contributed by atoms with Crippen molar-refractivity contribution in [2.75, 3.05) is 14.1 Å². The second kappa shape index (κ2) is 6.91. The van der Waals surface area contributed by atoms with E-state index in [1.54, 1.807) is 6.33 Å². The molecular weight excluding hydrogens is 372 g/mol. The van der Waals surface area contributed by atoms with Gasteiger partial charge in [-0.05, 0) is 70.0 Å². The molecule has 4 aromatic rings. The highest BCUT2D eigenvalue weighted by Gasteiger charge is 2.33. The predicted octanol–water partition coefficient (Wildman–Crippen LogP) is 4.82. The first-order valence-electron chi connectivity index (χ1n) is 10.8. The minimum atomic E-state index is 0.360. The average Bonchev–Trinajstić information content (AvgIpc) is 3.27. The van der Waals surface area contributed by atoms with Crippen molar-refractivity contribution in [2.24, 2.45) is 0 Å². The van der Waals surface area contributed by atoms with E-state index in [9.17, 15) is 0 Å². The van der Waals surface area contributed by atoms with Crippen LogP contribution in [0.2, 0.25) is 0 Å². The zero-order valence-electron chi connectivity index (χ0n) is 18.7. The van der Waals surface area contributed by atoms with Crippen LogP contribution in [0.25, 0.3) is 27.9 Å². The van der Waals surface area contributed by atoms with Gasteiger partial charge in [-0.2, -0.15) is 5.10 Å². The van der Waals surface area contributed by atoms with Gasteiger partial charge in [0.1, 0.15) is 6.33 Å². The minimum absolute atomic E-state index is 0.360. The molecule has 0 saturated heterocycles. The fourth-order valence-corrected chi connectivity index (χ4v) is 4.81. The Kier molecular flexibility index (Phi) is 4.43. The van der Waals surface area contributed by atoms with Gasteiger partial charge in [-0.15, -0.1) is 0 Å². The highest BCUT2D eigenvalue weighted by Crippen LogP contribution is 2.41. The Morgan fingerprint density at radius 2 is 1.90 bits per heavy atom. The van der Waals surface area contributed by atoms with Crippen LogP contribution in [0, 0.1) is 13.8 Å². The molecule has 4 aromatic heterocycles. The third kappa shape index (κ3) is 2.85. The summed E-state index contributed by atoms with van der Waals surface area (Å²) < 4.78 is 1.88. The maximum absolute atomic E-state index is 5.18. The number of fused-ring (bicyclic) bond motifs is 2. The molecule has 1 saturated carbocycles. The second-order valence-electron chi connectivity index (χ2n) is 9.31. The van der Waals surface area contributed by atoms with E-state index < -0.39 is 0 Å². The van der Waals surface area contributed by atoms with Crippen LogP contribution in [-0.4, -0.2) is 49.6 Å². The molecule has 1 aliphatic rings. The maximum atomic E-state index is 5.18. The first-order chi connectivity index (χ1) is 14.3. The van der Waals surface area contributed by atoms with Gasteiger partial charge >= 0.3 is 0 Å². The van der Waals surface area contributed by atoms with Crippen molar-refractivity contribution < 1.29 is 0 Å². The molecule has 5 rings (SSSR count). The van der Waals surface area contributed by atoms with E-state index in [1.807, 2.05) is 4.52 Å². The van der Waals surface area contributed by atoms with Gasteiger partial charge in [-0.1, -0.05) is 13.8 Å². The lowest BCUT2D eigenvalue weighted by Gasteiger charge is -2.39. The molecule has 6 heteroatoms. The summed E-state index contributed by atoms with van der Waals surface area (Å²) in [6, 6.07) is 5.10. The van der Waals surface area contributed by atoms with E-state index in [0.717, 1.165) is 27.9 Å². The summed E-state index contributed by atoms with van der Waals surface area (Å²) in [5.41, 5.74) is 10.4. The Bertz CT molecular complexity index is 1240. The van der Waals surface area contributed by atoms with Gasteiger partial charge in [0.05, 0.1) is 16.7 Å². The molecule has 6 nitrogen and oxygen atoms in total. The SMILES string of the molecule is Cc1c(-c2[nH]c3ccc(C4CC(N(C)C)C4)nc3c2C(C)C)cn2ncnc2c1C. The van der Waals surface area contributed by atoms with Crippen LogP contribution in [-0.2, 0) is 0 Å². The summed E-state index contributed by atoms with van der Waals surface area (Å²) in [7, 11) is 4.34. The monoisotopic (exact) mass is 402 g/mol. The van der Waals surface area contributed by atoms with Crippen LogP contribution < -0.4 is 0 Å². The lowest BCUT2D eigenvalue weighted by atomic mass is 9.77. The number of aryl methyl sites for hydroxylation is 1. The molecule has 0 bridgehead atoms. The zero-order valence-corrected chi connectivity index (χ0v) is 18.7. The highest BCUT2D eigenvalue weighted by molar-refractivity contribution is 5.89. The van der Waals surface area contributed by atoms with Crippen LogP contribution in [0.1, 0.15) is 60.9 Å². The Morgan fingerprint density at radius 1 is 1.13 bits per heavy atom. The molecule has 0 spiro atoms. The predicted molar refractivity (Wildman–Crippen MR) is 121 cm³/mol. The summed E-state index contributed by atoms with van der Waals surface area (Å²) in [5, 5.41) is 4.38. The Balaban J connectivity index is 1.65. The molecule has 0 amide bonds. The largest absolute Gasteiger partial charge is 0.353 e. The van der Waals surface area contributed by atoms with Gasteiger partial charge < -0.3 is 9.88 Å². The van der Waals surface area contributed by atoms with Crippen LogP contribution in [0.5, 0.6) is 0 Å². The summed E-state index contributed by atoms with van der Waals surface area (Å²) in [4.78, 5) is 15.6. The Morgan fingerprint density at radius 3 is 2.60 bits per heavy atom. The van der Waals surface area contributed by atoms with E-state index >= 15 is 0 Å². The second-order valence-corrected chi connectivity index (χ2v) is 9.31. The van der Waals surface area contributed by atoms with Gasteiger partial charge in [-0.3, -0.25) is 4.98 Å². The number of pyridine rings is 2. The van der Waals surface area contributed by atoms with Crippen LogP contribution in [0.15, 0.2) is 24.7 Å². The number of hydrogen-bond donors (Lipinski definition) is 1. The summed E-state index contributed by atoms with van der Waals surface area (Å²) in [6.45, 7) is 8.79. The standard InChI is InChI=1S/C24H30N6/c1-13(2)21-22(18-11-30-24(25-12-26-30)15(4)14(18)3)28-20-8-7-19(27-23(20)21)16-9-17(10-16)29(5)6/h7-8,11-13,16-17,28H,9-10H2,1-6H3. The van der Waals surface area contributed by atoms with Crippen molar-refractivity contribution in [1.82, 2.24) is 29.5 Å². The number of hydrogen-bond acceptors (Lipinski definition) is 4. The van der Waals surface area contributed by atoms with Crippen molar-refractivity contribution in [2.45, 2.75) is 58.4 Å². The molecule has 0 atom stereocenters. The molecule has 0 aromatic carbocycles. The third-order valence-electron chi connectivity index (χ3n) is 6.94. The number of aromatic nitrogens is 5. The van der Waals surface area contributed by atoms with Crippen LogP contribution in [0.4, 0.5) is 0 Å². The first kappa shape index (κ1) is 19.2. The van der Waals surface area contributed by atoms with E-state index in [1.165, 1.54) is 35.2 Å². The number of nitrogens with zero attached hydrogens (tertiary/aromatic N) is 5. The third-order valence-corrected chi connectivity index (χ3v) is 6.94. The van der Waals surface area contributed by atoms with E-state index in [-0.39, 0.29) is 0 Å². The molecule has 1 N–H and O–H groups in total. The smallest absolute Gasteiger partial charge is 0.158 e. The molecule has 30 heavy (non-hydrogen) atoms. The molecule has 0 aliphatic heterocycles. The van der Waals surface area contributed by atoms with Crippen LogP contribution in [0.3, 0.4) is 0 Å². The average molecular weight is 403 g/mol. The maximum Gasteiger partial charge on any atom is 0.158 e. The molecule has 1 fully saturated rings. The number of aromatic amines is 1. The fraction of sp³-hybridized carbons (Fsp3) is 0.458. The van der Waals surface area contributed by atoms with Gasteiger partial charge in [-0.25, -0.2) is 9.50 Å². The van der Waals surface area contributed by atoms with Crippen LogP contribution >= 0.6 is 0 Å². The Labute approximate surface area is 177 Å². The van der Waals surface area contributed by atoms with Gasteiger partial charge in [0, 0.05) is 35.0 Å². The van der Waals surface area contributed by atoms with Crippen molar-refractivity contribution in [3.8, 4) is 11.3 Å². The summed E-state index contributed by atoms with van der Waals surface area (Å²) in [6.07, 6.45) is 6.10. The quantitative estimate of drug-likeness (QED) is 0.532. The lowest BCUT2D eigenvalue weighted by Crippen LogP contribution is -2.39. The molecule has 0 radical (unpaired) electrons. The molecular formula is C24H30N6. The number of H-pyrrole nitrogens is 1. The Hall–Kier alpha value is -2.73. The lowest BCUT2D eigenvalue weighted by molar-refractivity contribution is 0.164. The topological polar surface area (TPSA) is 62.1 Å². The highest BCUT2D eigenvalue weighted by atomic mass is 15.3. The van der Waals surface area contributed by atoms with E-state index in [4.69, 9.17) is 4.98 Å². The normalized spacial score (nSPS) is 19.3. The van der Waals surface area contributed by atoms with E-state index in [0.29, 0.717) is 17.9 Å². The van der Waals surface area contributed by atoms with Crippen molar-refractivity contribution in [3.05, 3.63) is 47.0 Å². The number of rotatable bonds is 4. The van der Waals surface area contributed by atoms with Gasteiger partial charge in [0.25, 0.3) is 0 Å². The molecule has 156 valence electrons. The molecule has 4 heterocycles. The summed E-state index contributed by atoms with van der Waals surface area (Å²) >= 11 is 0. The fourth-order valence-electron chi connectivity index (χ4n) is 4.81. The minimum Gasteiger partial charge on any atom is -0.353 e. The number of nitrogens with one attached hydrogen (secondary N) is 1. The van der Waals surface area contributed by atoms with Gasteiger partial charge in [0.15, 0.2) is 5.65 Å². The molecule has 0 unspecified atom stereocenters. The van der Waals surface area contributed by atoms with Crippen molar-refractivity contribution in [3.63, 3.8) is 0 Å². The van der Waals surface area contributed by atoms with E-state index in [2.05, 4.69) is 80.1 Å².